The van der Waals surface area contributed by atoms with E-state index in [9.17, 15) is 23.1 Å². The number of carbonyl (C=O) groups is 2. The number of carboxylic acids is 1. The van der Waals surface area contributed by atoms with Gasteiger partial charge in [-0.15, -0.1) is 0 Å². The molecule has 1 aromatic rings. The van der Waals surface area contributed by atoms with Gasteiger partial charge in [-0.1, -0.05) is 29.8 Å². The molecule has 1 saturated heterocycles. The molecule has 1 amide bonds. The predicted octanol–water partition coefficient (Wildman–Crippen LogP) is 1.03. The second-order valence-electron chi connectivity index (χ2n) is 6.93. The summed E-state index contributed by atoms with van der Waals surface area (Å²) < 4.78 is 24.6. The van der Waals surface area contributed by atoms with Crippen molar-refractivity contribution in [3.8, 4) is 0 Å². The quantitative estimate of drug-likeness (QED) is 0.733. The zero-order valence-corrected chi connectivity index (χ0v) is 16.0. The Morgan fingerprint density at radius 2 is 2.12 bits per heavy atom. The van der Waals surface area contributed by atoms with Gasteiger partial charge < -0.3 is 10.4 Å². The minimum atomic E-state index is -3.32. The normalized spacial score (nSPS) is 19.7. The highest BCUT2D eigenvalue weighted by molar-refractivity contribution is 7.88. The first-order valence-electron chi connectivity index (χ1n) is 8.68. The smallest absolute Gasteiger partial charge is 0.308 e. The fourth-order valence-corrected chi connectivity index (χ4v) is 4.11. The third-order valence-corrected chi connectivity index (χ3v) is 5.93. The summed E-state index contributed by atoms with van der Waals surface area (Å²) in [7, 11) is -3.32. The Labute approximate surface area is 154 Å². The Bertz CT molecular complexity index is 763. The van der Waals surface area contributed by atoms with Gasteiger partial charge >= 0.3 is 5.97 Å². The van der Waals surface area contributed by atoms with Gasteiger partial charge in [-0.05, 0) is 31.7 Å². The van der Waals surface area contributed by atoms with E-state index in [2.05, 4.69) is 5.32 Å². The van der Waals surface area contributed by atoms with Crippen LogP contribution in [0.2, 0.25) is 0 Å². The Morgan fingerprint density at radius 3 is 2.73 bits per heavy atom. The SMILES string of the molecule is Cc1cccc(C[C@H](CNC(=O)[C@H]2CCCN(S(C)(=O)=O)C2)C(=O)O)c1. The van der Waals surface area contributed by atoms with Crippen LogP contribution in [0, 0.1) is 18.8 Å². The van der Waals surface area contributed by atoms with Crippen LogP contribution in [-0.2, 0) is 26.0 Å². The van der Waals surface area contributed by atoms with Crippen molar-refractivity contribution in [1.82, 2.24) is 9.62 Å². The molecular formula is C18H26N2O5S. The average molecular weight is 382 g/mol. The van der Waals surface area contributed by atoms with E-state index in [4.69, 9.17) is 0 Å². The minimum absolute atomic E-state index is 0.0253. The number of aliphatic carboxylic acids is 1. The molecule has 2 atom stereocenters. The van der Waals surface area contributed by atoms with E-state index in [0.29, 0.717) is 25.8 Å². The third kappa shape index (κ3) is 5.81. The van der Waals surface area contributed by atoms with Crippen LogP contribution in [0.3, 0.4) is 0 Å². The highest BCUT2D eigenvalue weighted by atomic mass is 32.2. The standard InChI is InChI=1S/C18H26N2O5S/c1-13-5-3-6-14(9-13)10-16(18(22)23)11-19-17(21)15-7-4-8-20(12-15)26(2,24)25/h3,5-6,9,15-16H,4,7-8,10-12H2,1-2H3,(H,19,21)(H,22,23)/t15-,16+/m0/s1. The van der Waals surface area contributed by atoms with Crippen molar-refractivity contribution in [2.75, 3.05) is 25.9 Å². The molecule has 0 radical (unpaired) electrons. The van der Waals surface area contributed by atoms with Crippen LogP contribution >= 0.6 is 0 Å². The van der Waals surface area contributed by atoms with Crippen molar-refractivity contribution in [3.63, 3.8) is 0 Å². The number of aryl methyl sites for hydroxylation is 1. The topological polar surface area (TPSA) is 104 Å². The van der Waals surface area contributed by atoms with E-state index in [1.807, 2.05) is 31.2 Å². The van der Waals surface area contributed by atoms with Gasteiger partial charge in [-0.25, -0.2) is 12.7 Å². The number of sulfonamides is 1. The maximum atomic E-state index is 12.4. The summed E-state index contributed by atoms with van der Waals surface area (Å²) in [6, 6.07) is 7.63. The zero-order valence-electron chi connectivity index (χ0n) is 15.1. The van der Waals surface area contributed by atoms with E-state index >= 15 is 0 Å². The molecule has 0 saturated carbocycles. The number of amides is 1. The molecule has 7 nitrogen and oxygen atoms in total. The van der Waals surface area contributed by atoms with Gasteiger partial charge in [0.2, 0.25) is 15.9 Å². The second-order valence-corrected chi connectivity index (χ2v) is 8.92. The fourth-order valence-electron chi connectivity index (χ4n) is 3.20. The lowest BCUT2D eigenvalue weighted by Gasteiger charge is -2.30. The summed E-state index contributed by atoms with van der Waals surface area (Å²) >= 11 is 0. The van der Waals surface area contributed by atoms with Crippen LogP contribution in [0.4, 0.5) is 0 Å². The number of nitrogens with zero attached hydrogens (tertiary/aromatic N) is 1. The zero-order chi connectivity index (χ0) is 19.3. The maximum Gasteiger partial charge on any atom is 0.308 e. The van der Waals surface area contributed by atoms with Gasteiger partial charge in [0, 0.05) is 19.6 Å². The summed E-state index contributed by atoms with van der Waals surface area (Å²) in [5, 5.41) is 12.1. The Morgan fingerprint density at radius 1 is 1.38 bits per heavy atom. The van der Waals surface area contributed by atoms with Crippen LogP contribution in [-0.4, -0.2) is 55.6 Å². The molecule has 1 aliphatic heterocycles. The van der Waals surface area contributed by atoms with E-state index in [0.717, 1.165) is 17.4 Å². The van der Waals surface area contributed by atoms with E-state index in [1.54, 1.807) is 0 Å². The number of carbonyl (C=O) groups excluding carboxylic acids is 1. The Balaban J connectivity index is 1.93. The Hall–Kier alpha value is -1.93. The van der Waals surface area contributed by atoms with Crippen LogP contribution in [0.1, 0.15) is 24.0 Å². The van der Waals surface area contributed by atoms with Crippen molar-refractivity contribution < 1.29 is 23.1 Å². The van der Waals surface area contributed by atoms with Gasteiger partial charge in [0.25, 0.3) is 0 Å². The first-order valence-corrected chi connectivity index (χ1v) is 10.5. The molecule has 0 bridgehead atoms. The molecule has 2 rings (SSSR count). The monoisotopic (exact) mass is 382 g/mol. The van der Waals surface area contributed by atoms with Crippen LogP contribution < -0.4 is 5.32 Å². The Kier molecular flexibility index (Phi) is 6.77. The van der Waals surface area contributed by atoms with Gasteiger partial charge in [0.05, 0.1) is 18.1 Å². The molecule has 0 aromatic heterocycles. The molecule has 1 aromatic carbocycles. The molecule has 26 heavy (non-hydrogen) atoms. The van der Waals surface area contributed by atoms with Gasteiger partial charge in [0.15, 0.2) is 0 Å². The van der Waals surface area contributed by atoms with Crippen LogP contribution in [0.15, 0.2) is 24.3 Å². The molecule has 0 spiro atoms. The first kappa shape index (κ1) is 20.4. The third-order valence-electron chi connectivity index (χ3n) is 4.66. The average Bonchev–Trinajstić information content (AvgIpc) is 2.57. The predicted molar refractivity (Wildman–Crippen MR) is 98.2 cm³/mol. The van der Waals surface area contributed by atoms with Crippen LogP contribution in [0.5, 0.6) is 0 Å². The largest absolute Gasteiger partial charge is 0.481 e. The maximum absolute atomic E-state index is 12.4. The number of hydrogen-bond donors (Lipinski definition) is 2. The number of piperidine rings is 1. The van der Waals surface area contributed by atoms with Crippen molar-refractivity contribution in [2.24, 2.45) is 11.8 Å². The molecule has 1 aliphatic rings. The molecule has 8 heteroatoms. The number of benzene rings is 1. The molecule has 1 heterocycles. The highest BCUT2D eigenvalue weighted by Crippen LogP contribution is 2.19. The number of nitrogens with one attached hydrogen (secondary N) is 1. The summed E-state index contributed by atoms with van der Waals surface area (Å²) in [5.74, 6) is -2.41. The van der Waals surface area contributed by atoms with Gasteiger partial charge in [-0.2, -0.15) is 0 Å². The summed E-state index contributed by atoms with van der Waals surface area (Å²) in [6.07, 6.45) is 2.69. The van der Waals surface area contributed by atoms with Crippen molar-refractivity contribution >= 4 is 21.9 Å². The lowest BCUT2D eigenvalue weighted by atomic mass is 9.96. The van der Waals surface area contributed by atoms with Crippen LogP contribution in [0.25, 0.3) is 0 Å². The summed E-state index contributed by atoms with van der Waals surface area (Å²) in [6.45, 7) is 2.54. The van der Waals surface area contributed by atoms with Gasteiger partial charge in [0.1, 0.15) is 0 Å². The first-order chi connectivity index (χ1) is 12.2. The minimum Gasteiger partial charge on any atom is -0.481 e. The molecule has 0 aliphatic carbocycles. The van der Waals surface area contributed by atoms with E-state index < -0.39 is 27.8 Å². The number of rotatable bonds is 7. The van der Waals surface area contributed by atoms with Crippen molar-refractivity contribution in [3.05, 3.63) is 35.4 Å². The van der Waals surface area contributed by atoms with Crippen molar-refractivity contribution in [1.29, 1.82) is 0 Å². The van der Waals surface area contributed by atoms with E-state index in [1.165, 1.54) is 4.31 Å². The molecule has 2 N–H and O–H groups in total. The second kappa shape index (κ2) is 8.64. The van der Waals surface area contributed by atoms with Crippen molar-refractivity contribution in [2.45, 2.75) is 26.2 Å². The lowest BCUT2D eigenvalue weighted by Crippen LogP contribution is -2.46. The number of carboxylic acid groups (broad SMARTS) is 1. The number of hydrogen-bond acceptors (Lipinski definition) is 4. The molecule has 0 unspecified atom stereocenters. The molecule has 144 valence electrons. The summed E-state index contributed by atoms with van der Waals surface area (Å²) in [4.78, 5) is 23.9. The lowest BCUT2D eigenvalue weighted by molar-refractivity contribution is -0.141. The van der Waals surface area contributed by atoms with Gasteiger partial charge in [-0.3, -0.25) is 9.59 Å². The van der Waals surface area contributed by atoms with E-state index in [-0.39, 0.29) is 19.0 Å². The fraction of sp³-hybridized carbons (Fsp3) is 0.556. The summed E-state index contributed by atoms with van der Waals surface area (Å²) in [5.41, 5.74) is 1.96. The highest BCUT2D eigenvalue weighted by Gasteiger charge is 2.30. The molecule has 1 fully saturated rings. The molecular weight excluding hydrogens is 356 g/mol.